The second-order valence-electron chi connectivity index (χ2n) is 12.6. The number of rotatable bonds is 7. The summed E-state index contributed by atoms with van der Waals surface area (Å²) in [6, 6.07) is 8.45. The summed E-state index contributed by atoms with van der Waals surface area (Å²) in [5, 5.41) is 11.2. The predicted octanol–water partition coefficient (Wildman–Crippen LogP) is 5.51. The van der Waals surface area contributed by atoms with Crippen LogP contribution in [0.4, 0.5) is 0 Å². The molecule has 0 saturated heterocycles. The Morgan fingerprint density at radius 2 is 1.70 bits per heavy atom. The van der Waals surface area contributed by atoms with Gasteiger partial charge in [0.15, 0.2) is 16.3 Å². The zero-order valence-corrected chi connectivity index (χ0v) is 27.6. The highest BCUT2D eigenvalue weighted by Gasteiger charge is 2.36. The lowest BCUT2D eigenvalue weighted by atomic mass is 9.78. The van der Waals surface area contributed by atoms with Crippen LogP contribution < -0.4 is 24.4 Å². The second kappa shape index (κ2) is 12.0. The van der Waals surface area contributed by atoms with E-state index in [1.54, 1.807) is 31.6 Å². The van der Waals surface area contributed by atoms with Crippen molar-refractivity contribution in [3.8, 4) is 17.2 Å². The fourth-order valence-electron chi connectivity index (χ4n) is 5.33. The third-order valence-corrected chi connectivity index (χ3v) is 8.36. The fourth-order valence-corrected chi connectivity index (χ4v) is 6.37. The highest BCUT2D eigenvalue weighted by Crippen LogP contribution is 2.42. The Bertz CT molecular complexity index is 1730. The molecule has 0 saturated carbocycles. The number of benzene rings is 2. The van der Waals surface area contributed by atoms with E-state index in [9.17, 15) is 14.7 Å². The number of fused-ring (bicyclic) bond motifs is 1. The van der Waals surface area contributed by atoms with Crippen LogP contribution >= 0.6 is 11.3 Å². The van der Waals surface area contributed by atoms with Crippen molar-refractivity contribution in [3.05, 3.63) is 83.5 Å². The van der Waals surface area contributed by atoms with E-state index in [0.29, 0.717) is 38.7 Å². The third kappa shape index (κ3) is 6.13. The SMILES string of the molecule is CCOC(=O)C1=C(C)N=c2s/c(=C/c3cc(C(C)(C)C)c(O)c(C(C)(C)C)c3)c(=O)n2[C@H]1c1cccc(OC)c1OCC. The molecule has 0 unspecified atom stereocenters. The number of carbonyl (C=O) groups is 1. The lowest BCUT2D eigenvalue weighted by Gasteiger charge is -2.27. The molecule has 0 fully saturated rings. The quantitative estimate of drug-likeness (QED) is 0.357. The molecule has 0 radical (unpaired) electrons. The van der Waals surface area contributed by atoms with Crippen molar-refractivity contribution in [3.63, 3.8) is 0 Å². The molecule has 8 nitrogen and oxygen atoms in total. The van der Waals surface area contributed by atoms with E-state index in [4.69, 9.17) is 19.2 Å². The lowest BCUT2D eigenvalue weighted by Crippen LogP contribution is -2.40. The summed E-state index contributed by atoms with van der Waals surface area (Å²) < 4.78 is 19.1. The molecule has 0 aliphatic carbocycles. The minimum Gasteiger partial charge on any atom is -0.507 e. The molecule has 4 rings (SSSR count). The molecular weight excluding hydrogens is 564 g/mol. The number of allylic oxidation sites excluding steroid dienone is 1. The number of ether oxygens (including phenoxy) is 3. The van der Waals surface area contributed by atoms with Crippen molar-refractivity contribution in [2.45, 2.75) is 79.2 Å². The molecule has 1 aromatic heterocycles. The number of para-hydroxylation sites is 1. The van der Waals surface area contributed by atoms with Crippen LogP contribution in [0.1, 0.15) is 90.6 Å². The topological polar surface area (TPSA) is 99.4 Å². The van der Waals surface area contributed by atoms with Crippen LogP contribution in [0, 0.1) is 0 Å². The summed E-state index contributed by atoms with van der Waals surface area (Å²) in [7, 11) is 1.55. The van der Waals surface area contributed by atoms with Gasteiger partial charge in [0, 0.05) is 16.7 Å². The Morgan fingerprint density at radius 3 is 2.23 bits per heavy atom. The summed E-state index contributed by atoms with van der Waals surface area (Å²) >= 11 is 1.25. The number of aromatic nitrogens is 1. The van der Waals surface area contributed by atoms with Crippen molar-refractivity contribution in [2.75, 3.05) is 20.3 Å². The fraction of sp³-hybridized carbons (Fsp3) is 0.441. The predicted molar refractivity (Wildman–Crippen MR) is 170 cm³/mol. The highest BCUT2D eigenvalue weighted by molar-refractivity contribution is 7.07. The summed E-state index contributed by atoms with van der Waals surface area (Å²) in [6.45, 7) is 18.2. The van der Waals surface area contributed by atoms with Gasteiger partial charge >= 0.3 is 5.97 Å². The largest absolute Gasteiger partial charge is 0.507 e. The van der Waals surface area contributed by atoms with Crippen LogP contribution in [0.25, 0.3) is 6.08 Å². The van der Waals surface area contributed by atoms with Crippen LogP contribution in [0.3, 0.4) is 0 Å². The normalized spacial score (nSPS) is 15.7. The van der Waals surface area contributed by atoms with E-state index >= 15 is 0 Å². The van der Waals surface area contributed by atoms with Gasteiger partial charge in [-0.1, -0.05) is 65.0 Å². The number of phenolic OH excluding ortho intramolecular Hbond substituents is 1. The zero-order valence-electron chi connectivity index (χ0n) is 26.7. The maximum absolute atomic E-state index is 14.3. The van der Waals surface area contributed by atoms with Crippen molar-refractivity contribution in [2.24, 2.45) is 4.99 Å². The van der Waals surface area contributed by atoms with Crippen LogP contribution in [0.2, 0.25) is 0 Å². The molecule has 1 atom stereocenters. The molecule has 3 aromatic rings. The molecule has 230 valence electrons. The van der Waals surface area contributed by atoms with Gasteiger partial charge < -0.3 is 19.3 Å². The van der Waals surface area contributed by atoms with Gasteiger partial charge in [-0.2, -0.15) is 0 Å². The molecule has 0 amide bonds. The number of hydrogen-bond acceptors (Lipinski definition) is 8. The summed E-state index contributed by atoms with van der Waals surface area (Å²) in [5.41, 5.74) is 2.79. The van der Waals surface area contributed by atoms with Gasteiger partial charge in [-0.15, -0.1) is 0 Å². The van der Waals surface area contributed by atoms with Crippen LogP contribution in [0.15, 0.2) is 51.4 Å². The molecule has 2 aromatic carbocycles. The maximum atomic E-state index is 14.3. The molecule has 1 aliphatic heterocycles. The Morgan fingerprint density at radius 1 is 1.07 bits per heavy atom. The summed E-state index contributed by atoms with van der Waals surface area (Å²) in [4.78, 5) is 32.8. The first kappa shape index (κ1) is 32.1. The standard InChI is InChI=1S/C34H42N2O6S/c1-11-41-29-21(14-13-15-24(29)40-10)27-26(31(39)42-12-2)19(3)35-32-36(27)30(38)25(43-32)18-20-16-22(33(4,5)6)28(37)23(17-20)34(7,8)9/h13-18,27,37H,11-12H2,1-10H3/b25-18+/t27-/m0/s1. The number of thiazole rings is 1. The van der Waals surface area contributed by atoms with Crippen LogP contribution in [-0.2, 0) is 20.4 Å². The van der Waals surface area contributed by atoms with Gasteiger partial charge in [0.05, 0.1) is 36.1 Å². The van der Waals surface area contributed by atoms with E-state index in [1.165, 1.54) is 11.3 Å². The van der Waals surface area contributed by atoms with E-state index in [0.717, 1.165) is 16.7 Å². The number of esters is 1. The number of aromatic hydroxyl groups is 1. The minimum absolute atomic E-state index is 0.177. The van der Waals surface area contributed by atoms with E-state index in [-0.39, 0.29) is 34.3 Å². The zero-order chi connectivity index (χ0) is 31.9. The molecule has 43 heavy (non-hydrogen) atoms. The molecule has 1 aliphatic rings. The van der Waals surface area contributed by atoms with Gasteiger partial charge in [-0.3, -0.25) is 9.36 Å². The number of phenols is 1. The average molecular weight is 607 g/mol. The van der Waals surface area contributed by atoms with E-state index in [2.05, 4.69) is 41.5 Å². The second-order valence-corrected chi connectivity index (χ2v) is 13.6. The van der Waals surface area contributed by atoms with Gasteiger partial charge in [0.1, 0.15) is 11.8 Å². The first-order valence-corrected chi connectivity index (χ1v) is 15.3. The van der Waals surface area contributed by atoms with Crippen molar-refractivity contribution < 1.29 is 24.1 Å². The average Bonchev–Trinajstić information content (AvgIpc) is 3.21. The van der Waals surface area contributed by atoms with Gasteiger partial charge in [0.2, 0.25) is 0 Å². The monoisotopic (exact) mass is 606 g/mol. The van der Waals surface area contributed by atoms with Crippen molar-refractivity contribution in [1.29, 1.82) is 0 Å². The molecule has 1 N–H and O–H groups in total. The smallest absolute Gasteiger partial charge is 0.338 e. The Labute approximate surface area is 257 Å². The first-order chi connectivity index (χ1) is 20.1. The molecule has 2 heterocycles. The molecule has 0 bridgehead atoms. The third-order valence-electron chi connectivity index (χ3n) is 7.38. The Hall–Kier alpha value is -3.85. The van der Waals surface area contributed by atoms with Crippen LogP contribution in [-0.4, -0.2) is 36.0 Å². The Kier molecular flexibility index (Phi) is 8.97. The molecule has 0 spiro atoms. The minimum atomic E-state index is -0.843. The summed E-state index contributed by atoms with van der Waals surface area (Å²) in [5.74, 6) is 0.672. The van der Waals surface area contributed by atoms with Gasteiger partial charge in [-0.25, -0.2) is 9.79 Å². The van der Waals surface area contributed by atoms with E-state index in [1.807, 2.05) is 37.3 Å². The highest BCUT2D eigenvalue weighted by atomic mass is 32.1. The summed E-state index contributed by atoms with van der Waals surface area (Å²) in [6.07, 6.45) is 1.84. The van der Waals surface area contributed by atoms with Crippen molar-refractivity contribution >= 4 is 23.4 Å². The number of nitrogens with zero attached hydrogens (tertiary/aromatic N) is 2. The van der Waals surface area contributed by atoms with Crippen LogP contribution in [0.5, 0.6) is 17.2 Å². The first-order valence-electron chi connectivity index (χ1n) is 14.5. The maximum Gasteiger partial charge on any atom is 0.338 e. The van der Waals surface area contributed by atoms with Crippen molar-refractivity contribution in [1.82, 2.24) is 4.57 Å². The molecular formula is C34H42N2O6S. The number of hydrogen-bond donors (Lipinski definition) is 1. The number of carbonyl (C=O) groups excluding carboxylic acids is 1. The number of methoxy groups -OCH3 is 1. The molecule has 9 heteroatoms. The van der Waals surface area contributed by atoms with Gasteiger partial charge in [0.25, 0.3) is 5.56 Å². The van der Waals surface area contributed by atoms with Gasteiger partial charge in [-0.05, 0) is 61.4 Å². The lowest BCUT2D eigenvalue weighted by molar-refractivity contribution is -0.139. The van der Waals surface area contributed by atoms with E-state index < -0.39 is 12.0 Å². The Balaban J connectivity index is 2.05.